The van der Waals surface area contributed by atoms with Crippen LogP contribution in [-0.2, 0) is 4.79 Å². The fourth-order valence-corrected chi connectivity index (χ4v) is 3.89. The standard InChI is InChI=1S/C20H10Cl3NO3S/c21-12-2-4-13(5-3-12)24-19(25)18(28-20(24)26)10-14-6-8-17(27-14)11-1-7-15(22)16(23)9-11/h1-10H/b18-10+. The molecular weight excluding hydrogens is 441 g/mol. The average molecular weight is 451 g/mol. The molecular formula is C20H10Cl3NO3S. The summed E-state index contributed by atoms with van der Waals surface area (Å²) in [5.41, 5.74) is 1.22. The van der Waals surface area contributed by atoms with Crippen LogP contribution >= 0.6 is 46.6 Å². The average Bonchev–Trinajstić information content (AvgIpc) is 3.24. The molecule has 4 rings (SSSR count). The first kappa shape index (κ1) is 19.2. The molecule has 1 aliphatic rings. The fraction of sp³-hybridized carbons (Fsp3) is 0. The monoisotopic (exact) mass is 449 g/mol. The lowest BCUT2D eigenvalue weighted by Crippen LogP contribution is -2.27. The van der Waals surface area contributed by atoms with Crippen molar-refractivity contribution in [3.63, 3.8) is 0 Å². The molecule has 4 nitrogen and oxygen atoms in total. The van der Waals surface area contributed by atoms with E-state index in [1.54, 1.807) is 60.7 Å². The van der Waals surface area contributed by atoms with Gasteiger partial charge in [0.15, 0.2) is 0 Å². The van der Waals surface area contributed by atoms with E-state index in [0.717, 1.165) is 22.2 Å². The molecule has 0 spiro atoms. The summed E-state index contributed by atoms with van der Waals surface area (Å²) in [5.74, 6) is 0.606. The van der Waals surface area contributed by atoms with E-state index < -0.39 is 5.91 Å². The van der Waals surface area contributed by atoms with Crippen molar-refractivity contribution in [2.45, 2.75) is 0 Å². The van der Waals surface area contributed by atoms with Crippen molar-refractivity contribution >= 4 is 69.5 Å². The molecule has 8 heteroatoms. The van der Waals surface area contributed by atoms with Gasteiger partial charge in [-0.1, -0.05) is 34.8 Å². The Morgan fingerprint density at radius 3 is 2.36 bits per heavy atom. The lowest BCUT2D eigenvalue weighted by Gasteiger charge is -2.11. The maximum atomic E-state index is 12.7. The van der Waals surface area contributed by atoms with Crippen LogP contribution in [0.5, 0.6) is 0 Å². The van der Waals surface area contributed by atoms with Crippen molar-refractivity contribution in [3.05, 3.63) is 80.3 Å². The molecule has 0 radical (unpaired) electrons. The summed E-state index contributed by atoms with van der Waals surface area (Å²) in [4.78, 5) is 26.4. The Kier molecular flexibility index (Phi) is 5.25. The van der Waals surface area contributed by atoms with Crippen LogP contribution in [0.4, 0.5) is 10.5 Å². The van der Waals surface area contributed by atoms with Crippen molar-refractivity contribution in [1.29, 1.82) is 0 Å². The SMILES string of the molecule is O=C1S/C(=C/c2ccc(-c3ccc(Cl)c(Cl)c3)o2)C(=O)N1c1ccc(Cl)cc1. The van der Waals surface area contributed by atoms with Crippen LogP contribution in [0.3, 0.4) is 0 Å². The summed E-state index contributed by atoms with van der Waals surface area (Å²) in [6.45, 7) is 0. The number of furan rings is 1. The Morgan fingerprint density at radius 1 is 0.893 bits per heavy atom. The topological polar surface area (TPSA) is 50.5 Å². The van der Waals surface area contributed by atoms with Gasteiger partial charge in [-0.25, -0.2) is 4.90 Å². The van der Waals surface area contributed by atoms with Crippen molar-refractivity contribution in [3.8, 4) is 11.3 Å². The van der Waals surface area contributed by atoms with Gasteiger partial charge in [-0.05, 0) is 66.4 Å². The second kappa shape index (κ2) is 7.68. The molecule has 0 N–H and O–H groups in total. The molecule has 1 fully saturated rings. The largest absolute Gasteiger partial charge is 0.457 e. The van der Waals surface area contributed by atoms with Gasteiger partial charge in [0.25, 0.3) is 11.1 Å². The molecule has 140 valence electrons. The Labute approximate surface area is 179 Å². The van der Waals surface area contributed by atoms with E-state index in [0.29, 0.717) is 32.3 Å². The van der Waals surface area contributed by atoms with Crippen LogP contribution < -0.4 is 4.90 Å². The molecule has 2 heterocycles. The molecule has 0 aliphatic carbocycles. The second-order valence-electron chi connectivity index (χ2n) is 5.82. The Balaban J connectivity index is 1.60. The number of thioether (sulfide) groups is 1. The summed E-state index contributed by atoms with van der Waals surface area (Å²) >= 11 is 18.7. The number of benzene rings is 2. The maximum Gasteiger partial charge on any atom is 0.298 e. The molecule has 1 aliphatic heterocycles. The van der Waals surface area contributed by atoms with Gasteiger partial charge in [0.2, 0.25) is 0 Å². The normalized spacial score (nSPS) is 15.7. The summed E-state index contributed by atoms with van der Waals surface area (Å²) < 4.78 is 5.78. The van der Waals surface area contributed by atoms with E-state index in [-0.39, 0.29) is 10.1 Å². The van der Waals surface area contributed by atoms with Gasteiger partial charge in [-0.3, -0.25) is 9.59 Å². The predicted molar refractivity (Wildman–Crippen MR) is 114 cm³/mol. The molecule has 0 unspecified atom stereocenters. The minimum absolute atomic E-state index is 0.273. The van der Waals surface area contributed by atoms with Gasteiger partial charge in [-0.15, -0.1) is 0 Å². The number of amides is 2. The highest BCUT2D eigenvalue weighted by atomic mass is 35.5. The first-order chi connectivity index (χ1) is 13.4. The van der Waals surface area contributed by atoms with Crippen LogP contribution in [-0.4, -0.2) is 11.1 Å². The quantitative estimate of drug-likeness (QED) is 0.398. The number of hydrogen-bond acceptors (Lipinski definition) is 4. The van der Waals surface area contributed by atoms with Gasteiger partial charge in [0.05, 0.1) is 20.6 Å². The highest BCUT2D eigenvalue weighted by molar-refractivity contribution is 8.19. The highest BCUT2D eigenvalue weighted by Crippen LogP contribution is 2.37. The van der Waals surface area contributed by atoms with Gasteiger partial charge >= 0.3 is 0 Å². The number of imide groups is 1. The second-order valence-corrected chi connectivity index (χ2v) is 8.07. The number of carbonyl (C=O) groups is 2. The predicted octanol–water partition coefficient (Wildman–Crippen LogP) is 7.15. The highest BCUT2D eigenvalue weighted by Gasteiger charge is 2.36. The summed E-state index contributed by atoms with van der Waals surface area (Å²) in [6.07, 6.45) is 1.54. The molecule has 2 amide bonds. The molecule has 1 aromatic heterocycles. The molecule has 3 aromatic rings. The zero-order valence-electron chi connectivity index (χ0n) is 14.0. The number of halogens is 3. The van der Waals surface area contributed by atoms with Crippen molar-refractivity contribution in [1.82, 2.24) is 0 Å². The van der Waals surface area contributed by atoms with Gasteiger partial charge in [-0.2, -0.15) is 0 Å². The lowest BCUT2D eigenvalue weighted by molar-refractivity contribution is -0.113. The third-order valence-corrected chi connectivity index (χ3v) is 5.84. The first-order valence-electron chi connectivity index (χ1n) is 8.01. The van der Waals surface area contributed by atoms with Crippen LogP contribution in [0.1, 0.15) is 5.76 Å². The van der Waals surface area contributed by atoms with Gasteiger partial charge in [0, 0.05) is 16.7 Å². The Bertz CT molecular complexity index is 1120. The number of nitrogens with zero attached hydrogens (tertiary/aromatic N) is 1. The first-order valence-corrected chi connectivity index (χ1v) is 9.96. The van der Waals surface area contributed by atoms with Gasteiger partial charge < -0.3 is 4.42 Å². The lowest BCUT2D eigenvalue weighted by atomic mass is 10.2. The molecule has 0 atom stereocenters. The maximum absolute atomic E-state index is 12.7. The van der Waals surface area contributed by atoms with E-state index in [4.69, 9.17) is 39.2 Å². The molecule has 0 saturated carbocycles. The molecule has 2 aromatic carbocycles. The van der Waals surface area contributed by atoms with E-state index in [1.165, 1.54) is 0 Å². The van der Waals surface area contributed by atoms with Crippen LogP contribution in [0.2, 0.25) is 15.1 Å². The van der Waals surface area contributed by atoms with E-state index in [1.807, 2.05) is 0 Å². The van der Waals surface area contributed by atoms with Crippen LogP contribution in [0.25, 0.3) is 17.4 Å². The van der Waals surface area contributed by atoms with Crippen LogP contribution in [0, 0.1) is 0 Å². The minimum atomic E-state index is -0.412. The third kappa shape index (κ3) is 3.71. The molecule has 0 bridgehead atoms. The number of hydrogen-bond donors (Lipinski definition) is 0. The fourth-order valence-electron chi connectivity index (χ4n) is 2.64. The Hall–Kier alpha value is -2.18. The number of rotatable bonds is 3. The van der Waals surface area contributed by atoms with E-state index >= 15 is 0 Å². The number of carbonyl (C=O) groups excluding carboxylic acids is 2. The summed E-state index contributed by atoms with van der Waals surface area (Å²) in [7, 11) is 0. The number of anilines is 1. The van der Waals surface area contributed by atoms with Crippen molar-refractivity contribution in [2.24, 2.45) is 0 Å². The smallest absolute Gasteiger partial charge is 0.298 e. The van der Waals surface area contributed by atoms with E-state index in [2.05, 4.69) is 0 Å². The third-order valence-electron chi connectivity index (χ3n) is 3.98. The summed E-state index contributed by atoms with van der Waals surface area (Å²) in [6, 6.07) is 15.1. The molecule has 28 heavy (non-hydrogen) atoms. The van der Waals surface area contributed by atoms with Gasteiger partial charge in [0.1, 0.15) is 11.5 Å². The minimum Gasteiger partial charge on any atom is -0.457 e. The summed E-state index contributed by atoms with van der Waals surface area (Å²) in [5, 5.41) is 1.01. The van der Waals surface area contributed by atoms with Crippen molar-refractivity contribution in [2.75, 3.05) is 4.90 Å². The van der Waals surface area contributed by atoms with Crippen LogP contribution in [0.15, 0.2) is 63.9 Å². The van der Waals surface area contributed by atoms with E-state index in [9.17, 15) is 9.59 Å². The zero-order chi connectivity index (χ0) is 19.8. The molecule has 1 saturated heterocycles. The van der Waals surface area contributed by atoms with Crippen molar-refractivity contribution < 1.29 is 14.0 Å². The zero-order valence-corrected chi connectivity index (χ0v) is 17.1. The Morgan fingerprint density at radius 2 is 1.64 bits per heavy atom.